The number of morpholine rings is 1. The second-order valence-corrected chi connectivity index (χ2v) is 7.47. The Morgan fingerprint density at radius 2 is 1.56 bits per heavy atom. The van der Waals surface area contributed by atoms with Gasteiger partial charge in [0.1, 0.15) is 11.5 Å². The molecule has 0 spiro atoms. The summed E-state index contributed by atoms with van der Waals surface area (Å²) in [6, 6.07) is 15.9. The average Bonchev–Trinajstić information content (AvgIpc) is 2.84. The second-order valence-electron chi connectivity index (χ2n) is 7.47. The summed E-state index contributed by atoms with van der Waals surface area (Å²) in [5, 5.41) is 0. The van der Waals surface area contributed by atoms with Crippen molar-refractivity contribution in [2.24, 2.45) is 0 Å². The number of rotatable bonds is 12. The molecule has 32 heavy (non-hydrogen) atoms. The van der Waals surface area contributed by atoms with Gasteiger partial charge in [0.15, 0.2) is 6.10 Å². The van der Waals surface area contributed by atoms with Gasteiger partial charge in [-0.25, -0.2) is 4.79 Å². The molecule has 1 fully saturated rings. The van der Waals surface area contributed by atoms with Gasteiger partial charge in [-0.3, -0.25) is 0 Å². The minimum absolute atomic E-state index is 0.342. The van der Waals surface area contributed by atoms with E-state index in [2.05, 4.69) is 17.0 Å². The molecule has 7 heteroatoms. The fourth-order valence-electron chi connectivity index (χ4n) is 3.45. The first-order valence-electron chi connectivity index (χ1n) is 11.2. The number of hydrogen-bond acceptors (Lipinski definition) is 7. The van der Waals surface area contributed by atoms with E-state index in [1.807, 2.05) is 36.4 Å². The van der Waals surface area contributed by atoms with Crippen LogP contribution in [-0.4, -0.2) is 65.3 Å². The maximum atomic E-state index is 11.8. The zero-order chi connectivity index (χ0) is 22.6. The van der Waals surface area contributed by atoms with Crippen LogP contribution in [0.3, 0.4) is 0 Å². The Bertz CT molecular complexity index is 802. The summed E-state index contributed by atoms with van der Waals surface area (Å²) >= 11 is 0. The molecule has 0 aromatic heterocycles. The SMILES string of the molecule is CCOC(=O)C(Cc1ccc(OCCCOc2ccc(N3CCOCC3)cc2)cc1)OC. The van der Waals surface area contributed by atoms with Gasteiger partial charge in [-0.05, 0) is 48.9 Å². The molecule has 0 saturated carbocycles. The number of anilines is 1. The Morgan fingerprint density at radius 3 is 2.12 bits per heavy atom. The minimum Gasteiger partial charge on any atom is -0.493 e. The van der Waals surface area contributed by atoms with Gasteiger partial charge in [0.2, 0.25) is 0 Å². The van der Waals surface area contributed by atoms with Crippen LogP contribution < -0.4 is 14.4 Å². The van der Waals surface area contributed by atoms with Crippen molar-refractivity contribution in [1.82, 2.24) is 0 Å². The predicted octanol–water partition coefficient (Wildman–Crippen LogP) is 3.49. The number of carbonyl (C=O) groups excluding carboxylic acids is 1. The molecule has 3 rings (SSSR count). The van der Waals surface area contributed by atoms with E-state index in [9.17, 15) is 4.79 Å². The van der Waals surface area contributed by atoms with Crippen molar-refractivity contribution in [1.29, 1.82) is 0 Å². The van der Waals surface area contributed by atoms with Crippen molar-refractivity contribution in [3.8, 4) is 11.5 Å². The summed E-state index contributed by atoms with van der Waals surface area (Å²) in [5.74, 6) is 1.31. The predicted molar refractivity (Wildman–Crippen MR) is 123 cm³/mol. The fourth-order valence-corrected chi connectivity index (χ4v) is 3.45. The van der Waals surface area contributed by atoms with Gasteiger partial charge in [0, 0.05) is 38.7 Å². The summed E-state index contributed by atoms with van der Waals surface area (Å²) in [5.41, 5.74) is 2.19. The third kappa shape index (κ3) is 7.43. The zero-order valence-corrected chi connectivity index (χ0v) is 19.0. The monoisotopic (exact) mass is 443 g/mol. The van der Waals surface area contributed by atoms with Gasteiger partial charge in [0.25, 0.3) is 0 Å². The van der Waals surface area contributed by atoms with Crippen LogP contribution in [-0.2, 0) is 25.4 Å². The Labute approximate surface area is 190 Å². The summed E-state index contributed by atoms with van der Waals surface area (Å²) < 4.78 is 27.3. The molecule has 0 N–H and O–H groups in total. The first-order chi connectivity index (χ1) is 15.7. The normalized spacial score (nSPS) is 14.6. The van der Waals surface area contributed by atoms with Crippen LogP contribution in [0, 0.1) is 0 Å². The number of benzene rings is 2. The number of methoxy groups -OCH3 is 1. The van der Waals surface area contributed by atoms with Crippen LogP contribution in [0.15, 0.2) is 48.5 Å². The highest BCUT2D eigenvalue weighted by atomic mass is 16.6. The standard InChI is InChI=1S/C25H33NO6/c1-3-30-25(27)24(28-2)19-20-5-9-22(10-6-20)31-15-4-16-32-23-11-7-21(8-12-23)26-13-17-29-18-14-26/h5-12,24H,3-4,13-19H2,1-2H3. The quantitative estimate of drug-likeness (QED) is 0.367. The fraction of sp³-hybridized carbons (Fsp3) is 0.480. The molecule has 1 saturated heterocycles. The van der Waals surface area contributed by atoms with E-state index in [1.165, 1.54) is 12.8 Å². The molecule has 0 aliphatic carbocycles. The molecule has 1 aliphatic heterocycles. The van der Waals surface area contributed by atoms with Gasteiger partial charge in [-0.15, -0.1) is 0 Å². The lowest BCUT2D eigenvalue weighted by molar-refractivity contribution is -0.154. The molecule has 174 valence electrons. The molecular formula is C25H33NO6. The second kappa shape index (κ2) is 12.9. The van der Waals surface area contributed by atoms with Crippen LogP contribution >= 0.6 is 0 Å². The van der Waals surface area contributed by atoms with E-state index in [0.717, 1.165) is 49.8 Å². The van der Waals surface area contributed by atoms with Crippen LogP contribution in [0.5, 0.6) is 11.5 Å². The van der Waals surface area contributed by atoms with Crippen molar-refractivity contribution in [2.75, 3.05) is 58.1 Å². The molecule has 2 aromatic rings. The third-order valence-electron chi connectivity index (χ3n) is 5.22. The van der Waals surface area contributed by atoms with Crippen LogP contribution in [0.25, 0.3) is 0 Å². The lowest BCUT2D eigenvalue weighted by Crippen LogP contribution is -2.36. The van der Waals surface area contributed by atoms with Gasteiger partial charge >= 0.3 is 5.97 Å². The lowest BCUT2D eigenvalue weighted by Gasteiger charge is -2.28. The zero-order valence-electron chi connectivity index (χ0n) is 19.0. The highest BCUT2D eigenvalue weighted by Gasteiger charge is 2.19. The Balaban J connectivity index is 1.34. The maximum absolute atomic E-state index is 11.8. The summed E-state index contributed by atoms with van der Waals surface area (Å²) in [6.45, 7) is 6.69. The smallest absolute Gasteiger partial charge is 0.335 e. The summed E-state index contributed by atoms with van der Waals surface area (Å²) in [6.07, 6.45) is 0.650. The largest absolute Gasteiger partial charge is 0.493 e. The van der Waals surface area contributed by atoms with E-state index in [1.54, 1.807) is 6.92 Å². The van der Waals surface area contributed by atoms with Gasteiger partial charge in [-0.1, -0.05) is 12.1 Å². The molecular weight excluding hydrogens is 410 g/mol. The van der Waals surface area contributed by atoms with Gasteiger partial charge in [-0.2, -0.15) is 0 Å². The maximum Gasteiger partial charge on any atom is 0.335 e. The number of hydrogen-bond donors (Lipinski definition) is 0. The topological polar surface area (TPSA) is 66.5 Å². The van der Waals surface area contributed by atoms with E-state index in [0.29, 0.717) is 26.2 Å². The van der Waals surface area contributed by atoms with Crippen LogP contribution in [0.4, 0.5) is 5.69 Å². The Kier molecular flexibility index (Phi) is 9.65. The number of nitrogens with zero attached hydrogens (tertiary/aromatic N) is 1. The number of carbonyl (C=O) groups is 1. The van der Waals surface area contributed by atoms with Gasteiger partial charge in [0.05, 0.1) is 33.0 Å². The molecule has 1 unspecified atom stereocenters. The molecule has 0 amide bonds. The molecule has 1 heterocycles. The van der Waals surface area contributed by atoms with Crippen LogP contribution in [0.2, 0.25) is 0 Å². The highest BCUT2D eigenvalue weighted by Crippen LogP contribution is 2.20. The van der Waals surface area contributed by atoms with E-state index < -0.39 is 6.10 Å². The minimum atomic E-state index is -0.596. The molecule has 7 nitrogen and oxygen atoms in total. The molecule has 0 bridgehead atoms. The summed E-state index contributed by atoms with van der Waals surface area (Å²) in [4.78, 5) is 14.2. The molecule has 1 aliphatic rings. The van der Waals surface area contributed by atoms with E-state index >= 15 is 0 Å². The Morgan fingerprint density at radius 1 is 0.969 bits per heavy atom. The highest BCUT2D eigenvalue weighted by molar-refractivity contribution is 5.75. The lowest BCUT2D eigenvalue weighted by atomic mass is 10.1. The van der Waals surface area contributed by atoms with Crippen LogP contribution in [0.1, 0.15) is 18.9 Å². The number of esters is 1. The van der Waals surface area contributed by atoms with Crippen molar-refractivity contribution in [2.45, 2.75) is 25.9 Å². The molecule has 0 radical (unpaired) electrons. The molecule has 1 atom stereocenters. The van der Waals surface area contributed by atoms with Crippen molar-refractivity contribution in [3.05, 3.63) is 54.1 Å². The van der Waals surface area contributed by atoms with E-state index in [-0.39, 0.29) is 5.97 Å². The molecule has 2 aromatic carbocycles. The van der Waals surface area contributed by atoms with Crippen molar-refractivity contribution < 1.29 is 28.5 Å². The first kappa shape index (κ1) is 23.9. The number of ether oxygens (including phenoxy) is 5. The average molecular weight is 444 g/mol. The van der Waals surface area contributed by atoms with E-state index in [4.69, 9.17) is 23.7 Å². The Hall–Kier alpha value is -2.77. The van der Waals surface area contributed by atoms with Gasteiger partial charge < -0.3 is 28.6 Å². The third-order valence-corrected chi connectivity index (χ3v) is 5.22. The first-order valence-corrected chi connectivity index (χ1v) is 11.2. The summed E-state index contributed by atoms with van der Waals surface area (Å²) in [7, 11) is 1.51. The van der Waals surface area contributed by atoms with Crippen molar-refractivity contribution >= 4 is 11.7 Å². The van der Waals surface area contributed by atoms with Crippen molar-refractivity contribution in [3.63, 3.8) is 0 Å².